The van der Waals surface area contributed by atoms with Gasteiger partial charge in [-0.3, -0.25) is 4.79 Å². The highest BCUT2D eigenvalue weighted by Crippen LogP contribution is 2.17. The first-order valence-electron chi connectivity index (χ1n) is 9.49. The Morgan fingerprint density at radius 1 is 1.20 bits per heavy atom. The molecule has 4 heteroatoms. The molecule has 4 nitrogen and oxygen atoms in total. The van der Waals surface area contributed by atoms with Crippen molar-refractivity contribution in [3.05, 3.63) is 41.6 Å². The van der Waals surface area contributed by atoms with E-state index in [1.165, 1.54) is 44.1 Å². The molecular weight excluding hydrogens is 310 g/mol. The minimum atomic E-state index is -0.357. The lowest BCUT2D eigenvalue weighted by Gasteiger charge is -2.14. The van der Waals surface area contributed by atoms with E-state index in [0.717, 1.165) is 24.9 Å². The van der Waals surface area contributed by atoms with Gasteiger partial charge in [0.2, 0.25) is 0 Å². The molecule has 0 unspecified atom stereocenters. The molecule has 1 fully saturated rings. The number of unbranched alkanes of at least 4 members (excludes halogenated alkanes) is 1. The zero-order valence-corrected chi connectivity index (χ0v) is 15.2. The fraction of sp³-hybridized carbons (Fsp3) is 0.524. The van der Waals surface area contributed by atoms with Crippen molar-refractivity contribution in [1.82, 2.24) is 5.32 Å². The zero-order valence-electron chi connectivity index (χ0n) is 15.2. The molecule has 0 bridgehead atoms. The van der Waals surface area contributed by atoms with Crippen molar-refractivity contribution in [1.29, 1.82) is 5.26 Å². The Morgan fingerprint density at radius 3 is 2.48 bits per heavy atom. The van der Waals surface area contributed by atoms with Crippen LogP contribution in [0.2, 0.25) is 0 Å². The van der Waals surface area contributed by atoms with E-state index in [0.29, 0.717) is 6.04 Å². The number of carbonyl (C=O) groups excluding carboxylic acids is 1. The van der Waals surface area contributed by atoms with Crippen LogP contribution in [-0.4, -0.2) is 11.9 Å². The number of aryl methyl sites for hydroxylation is 1. The van der Waals surface area contributed by atoms with Crippen molar-refractivity contribution in [2.75, 3.05) is 5.32 Å². The summed E-state index contributed by atoms with van der Waals surface area (Å²) in [6.07, 6.45) is 12.2. The number of amides is 1. The summed E-state index contributed by atoms with van der Waals surface area (Å²) in [4.78, 5) is 12.3. The molecule has 1 aliphatic carbocycles. The van der Waals surface area contributed by atoms with Gasteiger partial charge >= 0.3 is 0 Å². The average Bonchev–Trinajstić information content (AvgIpc) is 2.90. The fourth-order valence-electron chi connectivity index (χ4n) is 3.13. The van der Waals surface area contributed by atoms with Gasteiger partial charge in [0, 0.05) is 17.9 Å². The molecule has 1 aliphatic rings. The molecular formula is C21H29N3O. The molecule has 1 saturated carbocycles. The highest BCUT2D eigenvalue weighted by molar-refractivity contribution is 6.06. The van der Waals surface area contributed by atoms with Gasteiger partial charge in [-0.2, -0.15) is 5.26 Å². The Morgan fingerprint density at radius 2 is 1.88 bits per heavy atom. The molecule has 0 spiro atoms. The second kappa shape index (κ2) is 10.6. The Balaban J connectivity index is 1.90. The van der Waals surface area contributed by atoms with Crippen LogP contribution in [0.25, 0.3) is 0 Å². The molecule has 0 heterocycles. The second-order valence-electron chi connectivity index (χ2n) is 6.78. The molecule has 1 aromatic carbocycles. The quantitative estimate of drug-likeness (QED) is 0.430. The number of carbonyl (C=O) groups is 1. The minimum Gasteiger partial charge on any atom is -0.387 e. The Hall–Kier alpha value is -2.28. The van der Waals surface area contributed by atoms with E-state index in [4.69, 9.17) is 0 Å². The lowest BCUT2D eigenvalue weighted by molar-refractivity contribution is -0.112. The van der Waals surface area contributed by atoms with E-state index in [-0.39, 0.29) is 11.5 Å². The van der Waals surface area contributed by atoms with Crippen LogP contribution in [0.15, 0.2) is 36.0 Å². The van der Waals surface area contributed by atoms with Crippen molar-refractivity contribution < 1.29 is 4.79 Å². The molecule has 1 amide bonds. The van der Waals surface area contributed by atoms with E-state index in [1.807, 2.05) is 30.3 Å². The Labute approximate surface area is 151 Å². The smallest absolute Gasteiger partial charge is 0.267 e. The molecule has 0 saturated heterocycles. The summed E-state index contributed by atoms with van der Waals surface area (Å²) in [5.74, 6) is -0.357. The maximum absolute atomic E-state index is 12.3. The van der Waals surface area contributed by atoms with Gasteiger partial charge in [-0.1, -0.05) is 51.2 Å². The fourth-order valence-corrected chi connectivity index (χ4v) is 3.13. The summed E-state index contributed by atoms with van der Waals surface area (Å²) in [6, 6.07) is 10.2. The summed E-state index contributed by atoms with van der Waals surface area (Å²) in [5, 5.41) is 15.4. The summed E-state index contributed by atoms with van der Waals surface area (Å²) in [5.41, 5.74) is 2.12. The van der Waals surface area contributed by atoms with Crippen LogP contribution >= 0.6 is 0 Å². The summed E-state index contributed by atoms with van der Waals surface area (Å²) < 4.78 is 0. The van der Waals surface area contributed by atoms with Crippen molar-refractivity contribution in [3.8, 4) is 6.07 Å². The maximum atomic E-state index is 12.3. The van der Waals surface area contributed by atoms with Gasteiger partial charge in [0.15, 0.2) is 0 Å². The van der Waals surface area contributed by atoms with Crippen molar-refractivity contribution in [2.45, 2.75) is 70.8 Å². The number of nitrogens with one attached hydrogen (secondary N) is 2. The van der Waals surface area contributed by atoms with Crippen LogP contribution in [0.3, 0.4) is 0 Å². The zero-order chi connectivity index (χ0) is 17.9. The summed E-state index contributed by atoms with van der Waals surface area (Å²) >= 11 is 0. The third kappa shape index (κ3) is 6.62. The first-order valence-corrected chi connectivity index (χ1v) is 9.49. The van der Waals surface area contributed by atoms with Crippen LogP contribution in [0.4, 0.5) is 5.69 Å². The van der Waals surface area contributed by atoms with Gasteiger partial charge in [-0.05, 0) is 43.4 Å². The van der Waals surface area contributed by atoms with E-state index in [1.54, 1.807) is 6.20 Å². The SMILES string of the molecule is CCCCc1ccc(NC(=O)/C(C#N)=C\NC2CCCCCC2)cc1. The van der Waals surface area contributed by atoms with Crippen LogP contribution in [0.1, 0.15) is 63.9 Å². The Bertz CT molecular complexity index is 605. The topological polar surface area (TPSA) is 64.9 Å². The number of benzene rings is 1. The Kier molecular flexibility index (Phi) is 8.04. The van der Waals surface area contributed by atoms with Crippen LogP contribution in [0, 0.1) is 11.3 Å². The van der Waals surface area contributed by atoms with Crippen LogP contribution < -0.4 is 10.6 Å². The van der Waals surface area contributed by atoms with Crippen molar-refractivity contribution in [3.63, 3.8) is 0 Å². The van der Waals surface area contributed by atoms with Crippen LogP contribution in [-0.2, 0) is 11.2 Å². The summed E-state index contributed by atoms with van der Waals surface area (Å²) in [7, 11) is 0. The lowest BCUT2D eigenvalue weighted by Crippen LogP contribution is -2.25. The molecule has 2 N–H and O–H groups in total. The standard InChI is InChI=1S/C21H29N3O/c1-2-3-8-17-11-13-20(14-12-17)24-21(25)18(15-22)16-23-19-9-6-4-5-7-10-19/h11-14,16,19,23H,2-10H2,1H3,(H,24,25)/b18-16-. The average molecular weight is 339 g/mol. The number of anilines is 1. The van der Waals surface area contributed by atoms with E-state index in [2.05, 4.69) is 17.6 Å². The lowest BCUT2D eigenvalue weighted by atomic mass is 10.1. The van der Waals surface area contributed by atoms with E-state index in [9.17, 15) is 10.1 Å². The van der Waals surface area contributed by atoms with Gasteiger partial charge in [-0.15, -0.1) is 0 Å². The van der Waals surface area contributed by atoms with Gasteiger partial charge in [0.25, 0.3) is 5.91 Å². The third-order valence-electron chi connectivity index (χ3n) is 4.71. The number of hydrogen-bond donors (Lipinski definition) is 2. The predicted molar refractivity (Wildman–Crippen MR) is 102 cm³/mol. The molecule has 0 atom stereocenters. The molecule has 0 aliphatic heterocycles. The first kappa shape index (κ1) is 19.1. The predicted octanol–water partition coefficient (Wildman–Crippen LogP) is 4.69. The van der Waals surface area contributed by atoms with Gasteiger partial charge in [0.1, 0.15) is 11.6 Å². The number of hydrogen-bond acceptors (Lipinski definition) is 3. The highest BCUT2D eigenvalue weighted by Gasteiger charge is 2.13. The number of nitrogens with zero attached hydrogens (tertiary/aromatic N) is 1. The number of nitriles is 1. The summed E-state index contributed by atoms with van der Waals surface area (Å²) in [6.45, 7) is 2.17. The van der Waals surface area contributed by atoms with Crippen LogP contribution in [0.5, 0.6) is 0 Å². The molecule has 0 aromatic heterocycles. The third-order valence-corrected chi connectivity index (χ3v) is 4.71. The van der Waals surface area contributed by atoms with Gasteiger partial charge in [-0.25, -0.2) is 0 Å². The van der Waals surface area contributed by atoms with Crippen molar-refractivity contribution in [2.24, 2.45) is 0 Å². The van der Waals surface area contributed by atoms with E-state index < -0.39 is 0 Å². The largest absolute Gasteiger partial charge is 0.387 e. The molecule has 134 valence electrons. The van der Waals surface area contributed by atoms with Gasteiger partial charge in [0.05, 0.1) is 0 Å². The minimum absolute atomic E-state index is 0.124. The normalized spacial score (nSPS) is 15.9. The van der Waals surface area contributed by atoms with Gasteiger partial charge < -0.3 is 10.6 Å². The second-order valence-corrected chi connectivity index (χ2v) is 6.78. The molecule has 2 rings (SSSR count). The first-order chi connectivity index (χ1) is 12.2. The molecule has 1 aromatic rings. The monoisotopic (exact) mass is 339 g/mol. The molecule has 0 radical (unpaired) electrons. The van der Waals surface area contributed by atoms with E-state index >= 15 is 0 Å². The molecule has 25 heavy (non-hydrogen) atoms. The maximum Gasteiger partial charge on any atom is 0.267 e. The van der Waals surface area contributed by atoms with Crippen molar-refractivity contribution >= 4 is 11.6 Å². The number of rotatable bonds is 7. The highest BCUT2D eigenvalue weighted by atomic mass is 16.1.